The highest BCUT2D eigenvalue weighted by Gasteiger charge is 2.16. The molecule has 0 atom stereocenters. The van der Waals surface area contributed by atoms with E-state index in [0.29, 0.717) is 40.8 Å². The van der Waals surface area contributed by atoms with Gasteiger partial charge in [0, 0.05) is 16.9 Å². The fourth-order valence-corrected chi connectivity index (χ4v) is 3.73. The lowest BCUT2D eigenvalue weighted by molar-refractivity contribution is 0.0972. The molecule has 0 aliphatic carbocycles. The van der Waals surface area contributed by atoms with Gasteiger partial charge in [-0.3, -0.25) is 14.9 Å². The van der Waals surface area contributed by atoms with Crippen molar-refractivity contribution in [1.82, 2.24) is 5.32 Å². The summed E-state index contributed by atoms with van der Waals surface area (Å²) in [5, 5.41) is 8.75. The molecule has 0 bridgehead atoms. The summed E-state index contributed by atoms with van der Waals surface area (Å²) in [6, 6.07) is 21.8. The lowest BCUT2D eigenvalue weighted by Crippen LogP contribution is -2.34. The second kappa shape index (κ2) is 12.5. The minimum atomic E-state index is -0.360. The Labute approximate surface area is 224 Å². The molecule has 194 valence electrons. The Balaban J connectivity index is 1.60. The van der Waals surface area contributed by atoms with Crippen LogP contribution >= 0.6 is 12.2 Å². The molecule has 3 rings (SSSR count). The predicted octanol–water partition coefficient (Wildman–Crippen LogP) is 6.79. The monoisotopic (exact) mass is 517 g/mol. The molecule has 0 aliphatic heterocycles. The highest BCUT2D eigenvalue weighted by molar-refractivity contribution is 7.80. The zero-order chi connectivity index (χ0) is 27.0. The van der Waals surface area contributed by atoms with E-state index in [2.05, 4.69) is 50.6 Å². The summed E-state index contributed by atoms with van der Waals surface area (Å²) in [6.45, 7) is 11.2. The smallest absolute Gasteiger partial charge is 0.261 e. The fraction of sp³-hybridized carbons (Fsp3) is 0.300. The van der Waals surface area contributed by atoms with Crippen LogP contribution in [0.15, 0.2) is 72.8 Å². The quantitative estimate of drug-likeness (QED) is 0.287. The van der Waals surface area contributed by atoms with E-state index in [1.54, 1.807) is 42.5 Å². The number of nitrogens with one attached hydrogen (secondary N) is 3. The summed E-state index contributed by atoms with van der Waals surface area (Å²) in [5.74, 6) is 0.458. The summed E-state index contributed by atoms with van der Waals surface area (Å²) >= 11 is 5.36. The van der Waals surface area contributed by atoms with Gasteiger partial charge in [0.15, 0.2) is 5.11 Å². The van der Waals surface area contributed by atoms with Crippen LogP contribution in [0.2, 0.25) is 0 Å². The van der Waals surface area contributed by atoms with E-state index < -0.39 is 0 Å². The van der Waals surface area contributed by atoms with Crippen molar-refractivity contribution in [1.29, 1.82) is 0 Å². The molecular weight excluding hydrogens is 482 g/mol. The maximum Gasteiger partial charge on any atom is 0.261 e. The van der Waals surface area contributed by atoms with Crippen LogP contribution < -0.4 is 20.7 Å². The Hall–Kier alpha value is -3.71. The van der Waals surface area contributed by atoms with Gasteiger partial charge in [0.2, 0.25) is 0 Å². The van der Waals surface area contributed by atoms with Crippen molar-refractivity contribution in [3.8, 4) is 5.75 Å². The van der Waals surface area contributed by atoms with Gasteiger partial charge in [-0.15, -0.1) is 0 Å². The third kappa shape index (κ3) is 8.43. The molecular formula is C30H35N3O3S. The number of carbonyl (C=O) groups excluding carboxylic acids is 2. The molecule has 0 fully saturated rings. The van der Waals surface area contributed by atoms with Gasteiger partial charge < -0.3 is 15.4 Å². The topological polar surface area (TPSA) is 79.5 Å². The average molecular weight is 518 g/mol. The van der Waals surface area contributed by atoms with E-state index in [1.165, 1.54) is 0 Å². The van der Waals surface area contributed by atoms with Crippen LogP contribution in [-0.4, -0.2) is 23.5 Å². The third-order valence-corrected chi connectivity index (χ3v) is 5.91. The second-order valence-electron chi connectivity index (χ2n) is 10.3. The Morgan fingerprint density at radius 1 is 0.865 bits per heavy atom. The first-order chi connectivity index (χ1) is 17.5. The van der Waals surface area contributed by atoms with Gasteiger partial charge in [0.1, 0.15) is 5.75 Å². The molecule has 6 nitrogen and oxygen atoms in total. The van der Waals surface area contributed by atoms with Gasteiger partial charge in [-0.05, 0) is 78.0 Å². The SMILES string of the molecule is CC(C)CCOc1ccccc1C(=O)NC(=S)Nc1cccc(NC(=O)c2ccc(C(C)(C)C)cc2)c1. The molecule has 7 heteroatoms. The van der Waals surface area contributed by atoms with Crippen LogP contribution in [-0.2, 0) is 5.41 Å². The van der Waals surface area contributed by atoms with E-state index in [9.17, 15) is 9.59 Å². The third-order valence-electron chi connectivity index (χ3n) is 5.70. The van der Waals surface area contributed by atoms with Crippen LogP contribution in [0.25, 0.3) is 0 Å². The zero-order valence-electron chi connectivity index (χ0n) is 22.1. The number of anilines is 2. The van der Waals surface area contributed by atoms with Crippen LogP contribution in [0.3, 0.4) is 0 Å². The Morgan fingerprint density at radius 2 is 1.51 bits per heavy atom. The molecule has 2 amide bonds. The van der Waals surface area contributed by atoms with Crippen LogP contribution in [0.5, 0.6) is 5.75 Å². The Bertz CT molecular complexity index is 1250. The first-order valence-corrected chi connectivity index (χ1v) is 12.8. The van der Waals surface area contributed by atoms with Gasteiger partial charge in [-0.25, -0.2) is 0 Å². The maximum absolute atomic E-state index is 12.8. The van der Waals surface area contributed by atoms with Crippen molar-refractivity contribution in [2.45, 2.75) is 46.5 Å². The Kier molecular flexibility index (Phi) is 9.42. The molecule has 0 heterocycles. The van der Waals surface area contributed by atoms with Crippen molar-refractivity contribution >= 4 is 40.5 Å². The maximum atomic E-state index is 12.8. The number of hydrogen-bond acceptors (Lipinski definition) is 4. The highest BCUT2D eigenvalue weighted by Crippen LogP contribution is 2.23. The average Bonchev–Trinajstić information content (AvgIpc) is 2.83. The minimum absolute atomic E-state index is 0.0195. The number of thiocarbonyl (C=S) groups is 1. The lowest BCUT2D eigenvalue weighted by Gasteiger charge is -2.19. The van der Waals surface area contributed by atoms with Gasteiger partial charge in [-0.1, -0.05) is 65.0 Å². The van der Waals surface area contributed by atoms with Crippen molar-refractivity contribution in [2.24, 2.45) is 5.92 Å². The van der Waals surface area contributed by atoms with E-state index >= 15 is 0 Å². The molecule has 0 unspecified atom stereocenters. The summed E-state index contributed by atoms with van der Waals surface area (Å²) in [7, 11) is 0. The molecule has 0 saturated heterocycles. The number of hydrogen-bond donors (Lipinski definition) is 3. The van der Waals surface area contributed by atoms with Crippen molar-refractivity contribution in [3.05, 3.63) is 89.5 Å². The van der Waals surface area contributed by atoms with Gasteiger partial charge >= 0.3 is 0 Å². The summed E-state index contributed by atoms with van der Waals surface area (Å²) in [4.78, 5) is 25.6. The van der Waals surface area contributed by atoms with E-state index in [1.807, 2.05) is 30.3 Å². The summed E-state index contributed by atoms with van der Waals surface area (Å²) in [5.41, 5.74) is 3.40. The first kappa shape index (κ1) is 27.9. The molecule has 3 aromatic rings. The lowest BCUT2D eigenvalue weighted by atomic mass is 9.87. The molecule has 3 N–H and O–H groups in total. The summed E-state index contributed by atoms with van der Waals surface area (Å²) in [6.07, 6.45) is 0.894. The van der Waals surface area contributed by atoms with E-state index in [0.717, 1.165) is 12.0 Å². The van der Waals surface area contributed by atoms with Crippen LogP contribution in [0.4, 0.5) is 11.4 Å². The molecule has 0 aliphatic rings. The number of amides is 2. The van der Waals surface area contributed by atoms with Crippen LogP contribution in [0, 0.1) is 5.92 Å². The molecule has 0 radical (unpaired) electrons. The fourth-order valence-electron chi connectivity index (χ4n) is 3.52. The van der Waals surface area contributed by atoms with Gasteiger partial charge in [-0.2, -0.15) is 0 Å². The van der Waals surface area contributed by atoms with Crippen molar-refractivity contribution in [2.75, 3.05) is 17.2 Å². The van der Waals surface area contributed by atoms with E-state index in [-0.39, 0.29) is 22.3 Å². The molecule has 3 aromatic carbocycles. The number of benzene rings is 3. The normalized spacial score (nSPS) is 11.1. The van der Waals surface area contributed by atoms with Crippen LogP contribution in [0.1, 0.15) is 67.3 Å². The molecule has 0 aromatic heterocycles. The molecule has 0 spiro atoms. The van der Waals surface area contributed by atoms with E-state index in [4.69, 9.17) is 17.0 Å². The standard InChI is InChI=1S/C30H35N3O3S/c1-20(2)17-18-36-26-12-7-6-11-25(26)28(35)33-29(37)32-24-10-8-9-23(19-24)31-27(34)21-13-15-22(16-14-21)30(3,4)5/h6-16,19-20H,17-18H2,1-5H3,(H,31,34)(H2,32,33,35,37). The zero-order valence-corrected chi connectivity index (χ0v) is 22.9. The predicted molar refractivity (Wildman–Crippen MR) is 155 cm³/mol. The Morgan fingerprint density at radius 3 is 2.16 bits per heavy atom. The number of para-hydroxylation sites is 1. The molecule has 0 saturated carbocycles. The van der Waals surface area contributed by atoms with Gasteiger partial charge in [0.05, 0.1) is 12.2 Å². The highest BCUT2D eigenvalue weighted by atomic mass is 32.1. The number of carbonyl (C=O) groups is 2. The number of rotatable bonds is 8. The van der Waals surface area contributed by atoms with Crippen molar-refractivity contribution in [3.63, 3.8) is 0 Å². The largest absolute Gasteiger partial charge is 0.493 e. The molecule has 37 heavy (non-hydrogen) atoms. The second-order valence-corrected chi connectivity index (χ2v) is 10.7. The number of ether oxygens (including phenoxy) is 1. The van der Waals surface area contributed by atoms with Crippen molar-refractivity contribution < 1.29 is 14.3 Å². The first-order valence-electron chi connectivity index (χ1n) is 12.4. The minimum Gasteiger partial charge on any atom is -0.493 e. The van der Waals surface area contributed by atoms with Gasteiger partial charge in [0.25, 0.3) is 11.8 Å². The summed E-state index contributed by atoms with van der Waals surface area (Å²) < 4.78 is 5.82.